The number of carbonyl (C=O) groups excluding carboxylic acids is 1. The summed E-state index contributed by atoms with van der Waals surface area (Å²) in [6.45, 7) is 6.74. The van der Waals surface area contributed by atoms with E-state index in [2.05, 4.69) is 17.1 Å². The zero-order valence-corrected chi connectivity index (χ0v) is 16.3. The van der Waals surface area contributed by atoms with E-state index in [9.17, 15) is 4.79 Å². The number of carbonyl (C=O) groups is 1. The number of hydrogen-bond acceptors (Lipinski definition) is 4. The number of fused-ring (bicyclic) bond motifs is 1. The second kappa shape index (κ2) is 9.47. The van der Waals surface area contributed by atoms with Gasteiger partial charge in [-0.3, -0.25) is 4.79 Å². The molecule has 3 rings (SSSR count). The Morgan fingerprint density at radius 3 is 2.81 bits per heavy atom. The molecule has 0 bridgehead atoms. The Morgan fingerprint density at radius 2 is 2.04 bits per heavy atom. The predicted molar refractivity (Wildman–Crippen MR) is 103 cm³/mol. The second-order valence-electron chi connectivity index (χ2n) is 7.17. The summed E-state index contributed by atoms with van der Waals surface area (Å²) in [6, 6.07) is 3.96. The molecule has 6 heteroatoms. The molecule has 1 aromatic carbocycles. The molecule has 0 radical (unpaired) electrons. The van der Waals surface area contributed by atoms with Crippen LogP contribution < -0.4 is 14.8 Å². The molecule has 0 unspecified atom stereocenters. The first-order valence-corrected chi connectivity index (χ1v) is 10.1. The molecule has 26 heavy (non-hydrogen) atoms. The van der Waals surface area contributed by atoms with Crippen LogP contribution in [0.1, 0.15) is 44.6 Å². The highest BCUT2D eigenvalue weighted by atomic mass is 35.5. The van der Waals surface area contributed by atoms with Gasteiger partial charge in [-0.25, -0.2) is 0 Å². The van der Waals surface area contributed by atoms with Gasteiger partial charge in [0, 0.05) is 25.6 Å². The van der Waals surface area contributed by atoms with Gasteiger partial charge in [-0.15, -0.1) is 0 Å². The Bertz CT molecular complexity index is 615. The maximum atomic E-state index is 12.4. The molecule has 2 aliphatic rings. The lowest BCUT2D eigenvalue weighted by Crippen LogP contribution is -2.45. The van der Waals surface area contributed by atoms with Gasteiger partial charge in [0.1, 0.15) is 0 Å². The summed E-state index contributed by atoms with van der Waals surface area (Å²) in [5.41, 5.74) is 0.858. The highest BCUT2D eigenvalue weighted by Crippen LogP contribution is 2.38. The van der Waals surface area contributed by atoms with E-state index in [4.69, 9.17) is 21.1 Å². The van der Waals surface area contributed by atoms with Gasteiger partial charge in [0.25, 0.3) is 0 Å². The van der Waals surface area contributed by atoms with Crippen molar-refractivity contribution in [1.82, 2.24) is 10.2 Å². The molecule has 1 fully saturated rings. The first-order valence-electron chi connectivity index (χ1n) is 9.75. The largest absolute Gasteiger partial charge is 0.489 e. The number of nitrogens with zero attached hydrogens (tertiary/aromatic N) is 1. The molecule has 0 aliphatic carbocycles. The lowest BCUT2D eigenvalue weighted by Gasteiger charge is -2.32. The van der Waals surface area contributed by atoms with Crippen LogP contribution >= 0.6 is 11.6 Å². The van der Waals surface area contributed by atoms with Gasteiger partial charge >= 0.3 is 0 Å². The number of piperidine rings is 1. The van der Waals surface area contributed by atoms with Crippen molar-refractivity contribution in [3.05, 3.63) is 22.7 Å². The van der Waals surface area contributed by atoms with Gasteiger partial charge in [0.2, 0.25) is 5.91 Å². The van der Waals surface area contributed by atoms with Crippen molar-refractivity contribution < 1.29 is 14.3 Å². The molecule has 0 aromatic heterocycles. The molecular formula is C20H29ClN2O3. The molecule has 0 saturated carbocycles. The molecule has 0 spiro atoms. The number of benzene rings is 1. The summed E-state index contributed by atoms with van der Waals surface area (Å²) in [4.78, 5) is 14.9. The van der Waals surface area contributed by atoms with E-state index in [1.807, 2.05) is 12.1 Å². The quantitative estimate of drug-likeness (QED) is 0.821. The smallest absolute Gasteiger partial charge is 0.224 e. The van der Waals surface area contributed by atoms with Crippen molar-refractivity contribution in [1.29, 1.82) is 0 Å². The molecular weight excluding hydrogens is 352 g/mol. The Balaban J connectivity index is 1.51. The fourth-order valence-corrected chi connectivity index (χ4v) is 3.82. The van der Waals surface area contributed by atoms with E-state index in [1.54, 1.807) is 0 Å². The fourth-order valence-electron chi connectivity index (χ4n) is 3.53. The van der Waals surface area contributed by atoms with Gasteiger partial charge in [0.05, 0.1) is 24.7 Å². The van der Waals surface area contributed by atoms with E-state index in [0.29, 0.717) is 36.2 Å². The average Bonchev–Trinajstić information content (AvgIpc) is 2.87. The summed E-state index contributed by atoms with van der Waals surface area (Å²) in [7, 11) is 0. The zero-order chi connectivity index (χ0) is 18.4. The molecule has 1 saturated heterocycles. The van der Waals surface area contributed by atoms with Gasteiger partial charge in [-0.1, -0.05) is 24.9 Å². The lowest BCUT2D eigenvalue weighted by atomic mass is 10.0. The van der Waals surface area contributed by atoms with Crippen LogP contribution in [-0.2, 0) is 11.2 Å². The maximum absolute atomic E-state index is 12.4. The van der Waals surface area contributed by atoms with Gasteiger partial charge in [-0.2, -0.15) is 0 Å². The van der Waals surface area contributed by atoms with Crippen molar-refractivity contribution >= 4 is 17.5 Å². The Kier molecular flexibility index (Phi) is 7.03. The predicted octanol–water partition coefficient (Wildman–Crippen LogP) is 3.42. The summed E-state index contributed by atoms with van der Waals surface area (Å²) in [5, 5.41) is 3.69. The Labute approximate surface area is 161 Å². The number of likely N-dealkylation sites (tertiary alicyclic amines) is 1. The van der Waals surface area contributed by atoms with Crippen LogP contribution in [0.3, 0.4) is 0 Å². The third-order valence-electron chi connectivity index (χ3n) is 5.01. The SMILES string of the molecule is CCCCN1CCC(NC(=O)Cc2cc(Cl)c3c(c2)OCCCO3)CC1. The molecule has 0 atom stereocenters. The number of unbranched alkanes of at least 4 members (excludes halogenated alkanes) is 1. The lowest BCUT2D eigenvalue weighted by molar-refractivity contribution is -0.121. The molecule has 144 valence electrons. The molecule has 1 aromatic rings. The number of ether oxygens (including phenoxy) is 2. The van der Waals surface area contributed by atoms with Crippen LogP contribution in [0.2, 0.25) is 5.02 Å². The molecule has 2 heterocycles. The van der Waals surface area contributed by atoms with Gasteiger partial charge in [0.15, 0.2) is 11.5 Å². The van der Waals surface area contributed by atoms with Gasteiger partial charge < -0.3 is 19.7 Å². The topological polar surface area (TPSA) is 50.8 Å². The monoisotopic (exact) mass is 380 g/mol. The maximum Gasteiger partial charge on any atom is 0.224 e. The second-order valence-corrected chi connectivity index (χ2v) is 7.58. The highest BCUT2D eigenvalue weighted by Gasteiger charge is 2.21. The van der Waals surface area contributed by atoms with Crippen LogP contribution in [0, 0.1) is 0 Å². The number of hydrogen-bond donors (Lipinski definition) is 1. The first-order chi connectivity index (χ1) is 12.7. The van der Waals surface area contributed by atoms with Crippen molar-refractivity contribution in [3.63, 3.8) is 0 Å². The number of halogens is 1. The van der Waals surface area contributed by atoms with Crippen molar-refractivity contribution in [2.24, 2.45) is 0 Å². The van der Waals surface area contributed by atoms with E-state index < -0.39 is 0 Å². The van der Waals surface area contributed by atoms with E-state index >= 15 is 0 Å². The molecule has 1 amide bonds. The number of nitrogens with one attached hydrogen (secondary N) is 1. The average molecular weight is 381 g/mol. The summed E-state index contributed by atoms with van der Waals surface area (Å²) in [6.07, 6.45) is 5.68. The summed E-state index contributed by atoms with van der Waals surface area (Å²) < 4.78 is 11.3. The number of amides is 1. The van der Waals surface area contributed by atoms with Crippen molar-refractivity contribution in [3.8, 4) is 11.5 Å². The van der Waals surface area contributed by atoms with Crippen LogP contribution in [-0.4, -0.2) is 49.7 Å². The zero-order valence-electron chi connectivity index (χ0n) is 15.6. The number of rotatable bonds is 6. The normalized spacial score (nSPS) is 18.4. The van der Waals surface area contributed by atoms with Crippen LogP contribution in [0.25, 0.3) is 0 Å². The Hall–Kier alpha value is -1.46. The fraction of sp³-hybridized carbons (Fsp3) is 0.650. The van der Waals surface area contributed by atoms with Crippen molar-refractivity contribution in [2.45, 2.75) is 51.5 Å². The minimum absolute atomic E-state index is 0.0440. The minimum atomic E-state index is 0.0440. The van der Waals surface area contributed by atoms with Crippen molar-refractivity contribution in [2.75, 3.05) is 32.8 Å². The standard InChI is InChI=1S/C20H29ClN2O3/c1-2-3-7-23-8-5-16(6-9-23)22-19(24)14-15-12-17(21)20-18(13-15)25-10-4-11-26-20/h12-13,16H,2-11,14H2,1H3,(H,22,24). The van der Waals surface area contributed by atoms with Crippen LogP contribution in [0.5, 0.6) is 11.5 Å². The molecule has 1 N–H and O–H groups in total. The van der Waals surface area contributed by atoms with E-state index in [0.717, 1.165) is 37.9 Å². The summed E-state index contributed by atoms with van der Waals surface area (Å²) in [5.74, 6) is 1.28. The first kappa shape index (κ1) is 19.3. The van der Waals surface area contributed by atoms with E-state index in [-0.39, 0.29) is 11.9 Å². The minimum Gasteiger partial charge on any atom is -0.489 e. The molecule has 2 aliphatic heterocycles. The molecule has 5 nitrogen and oxygen atoms in total. The van der Waals surface area contributed by atoms with Crippen LogP contribution in [0.4, 0.5) is 0 Å². The summed E-state index contributed by atoms with van der Waals surface area (Å²) >= 11 is 6.31. The Morgan fingerprint density at radius 1 is 1.27 bits per heavy atom. The third-order valence-corrected chi connectivity index (χ3v) is 5.29. The van der Waals surface area contributed by atoms with E-state index in [1.165, 1.54) is 19.4 Å². The van der Waals surface area contributed by atoms with Crippen LogP contribution in [0.15, 0.2) is 12.1 Å². The highest BCUT2D eigenvalue weighted by molar-refractivity contribution is 6.32. The van der Waals surface area contributed by atoms with Gasteiger partial charge in [-0.05, 0) is 43.5 Å². The third kappa shape index (κ3) is 5.27.